The van der Waals surface area contributed by atoms with Crippen LogP contribution < -0.4 is 5.32 Å². The molecule has 0 aromatic carbocycles. The summed E-state index contributed by atoms with van der Waals surface area (Å²) in [7, 11) is 0. The summed E-state index contributed by atoms with van der Waals surface area (Å²) in [5.74, 6) is 0. The molecular weight excluding hydrogens is 134 g/mol. The predicted molar refractivity (Wildman–Crippen MR) is 46.6 cm³/mol. The molecule has 1 saturated heterocycles. The molecule has 0 N–H and O–H groups in total. The molecule has 1 fully saturated rings. The van der Waals surface area contributed by atoms with E-state index in [4.69, 9.17) is 0 Å². The second-order valence-electron chi connectivity index (χ2n) is 3.59. The first kappa shape index (κ1) is 7.35. The summed E-state index contributed by atoms with van der Waals surface area (Å²) in [5.41, 5.74) is 1.65. The maximum atomic E-state index is 4.59. The largest absolute Gasteiger partial charge is 0.234 e. The Balaban J connectivity index is 1.96. The summed E-state index contributed by atoms with van der Waals surface area (Å²) in [6, 6.07) is 0.635. The summed E-state index contributed by atoms with van der Waals surface area (Å²) >= 11 is 0. The van der Waals surface area contributed by atoms with E-state index in [1.54, 1.807) is 5.57 Å². The summed E-state index contributed by atoms with van der Waals surface area (Å²) in [4.78, 5) is 0. The maximum absolute atomic E-state index is 4.59. The lowest BCUT2D eigenvalue weighted by molar-refractivity contribution is 0.593. The zero-order valence-electron chi connectivity index (χ0n) is 7.05. The molecule has 0 amide bonds. The van der Waals surface area contributed by atoms with E-state index in [1.165, 1.54) is 38.5 Å². The number of hydrogen-bond donors (Lipinski definition) is 0. The molecule has 1 aliphatic carbocycles. The van der Waals surface area contributed by atoms with E-state index in [0.717, 1.165) is 6.54 Å². The fourth-order valence-electron chi connectivity index (χ4n) is 2.09. The Labute approximate surface area is 68.9 Å². The van der Waals surface area contributed by atoms with Crippen LogP contribution in [0.2, 0.25) is 0 Å². The molecule has 0 bridgehead atoms. The van der Waals surface area contributed by atoms with E-state index < -0.39 is 0 Å². The van der Waals surface area contributed by atoms with Gasteiger partial charge in [0.1, 0.15) is 0 Å². The van der Waals surface area contributed by atoms with Crippen molar-refractivity contribution in [3.05, 3.63) is 11.6 Å². The van der Waals surface area contributed by atoms with Crippen molar-refractivity contribution in [1.29, 1.82) is 0 Å². The first-order valence-corrected chi connectivity index (χ1v) is 4.82. The number of rotatable bonds is 1. The van der Waals surface area contributed by atoms with Crippen molar-refractivity contribution in [3.63, 3.8) is 0 Å². The number of allylic oxidation sites excluding steroid dienone is 1. The minimum atomic E-state index is 0.635. The molecule has 2 rings (SSSR count). The van der Waals surface area contributed by atoms with Crippen LogP contribution in [-0.2, 0) is 0 Å². The second kappa shape index (κ2) is 3.40. The van der Waals surface area contributed by atoms with Gasteiger partial charge in [0.25, 0.3) is 0 Å². The highest BCUT2D eigenvalue weighted by Gasteiger charge is 2.20. The monoisotopic (exact) mass is 150 g/mol. The van der Waals surface area contributed by atoms with Crippen LogP contribution in [0, 0.1) is 0 Å². The van der Waals surface area contributed by atoms with E-state index in [-0.39, 0.29) is 0 Å². The van der Waals surface area contributed by atoms with Crippen molar-refractivity contribution in [2.45, 2.75) is 44.6 Å². The zero-order valence-corrected chi connectivity index (χ0v) is 7.05. The van der Waals surface area contributed by atoms with E-state index in [1.807, 2.05) is 0 Å². The number of hydrogen-bond acceptors (Lipinski definition) is 0. The Morgan fingerprint density at radius 2 is 2.27 bits per heavy atom. The summed E-state index contributed by atoms with van der Waals surface area (Å²) in [6.45, 7) is 1.11. The van der Waals surface area contributed by atoms with Crippen LogP contribution in [0.1, 0.15) is 38.5 Å². The van der Waals surface area contributed by atoms with Gasteiger partial charge in [-0.2, -0.15) is 0 Å². The lowest BCUT2D eigenvalue weighted by Gasteiger charge is -2.17. The van der Waals surface area contributed by atoms with E-state index in [0.29, 0.717) is 6.04 Å². The topological polar surface area (TPSA) is 14.1 Å². The highest BCUT2D eigenvalue weighted by Crippen LogP contribution is 2.25. The minimum Gasteiger partial charge on any atom is -0.234 e. The Kier molecular flexibility index (Phi) is 2.27. The third kappa shape index (κ3) is 1.64. The van der Waals surface area contributed by atoms with Gasteiger partial charge in [-0.15, -0.1) is 0 Å². The van der Waals surface area contributed by atoms with Crippen molar-refractivity contribution < 1.29 is 0 Å². The molecule has 1 aliphatic heterocycles. The normalized spacial score (nSPS) is 32.0. The van der Waals surface area contributed by atoms with Crippen molar-refractivity contribution in [2.75, 3.05) is 6.54 Å². The highest BCUT2D eigenvalue weighted by atomic mass is 14.9. The molecule has 1 atom stereocenters. The predicted octanol–water partition coefficient (Wildman–Crippen LogP) is 2.25. The van der Waals surface area contributed by atoms with Crippen LogP contribution in [0.5, 0.6) is 0 Å². The smallest absolute Gasteiger partial charge is 0.0455 e. The summed E-state index contributed by atoms with van der Waals surface area (Å²) < 4.78 is 0. The first-order chi connectivity index (χ1) is 5.47. The van der Waals surface area contributed by atoms with Gasteiger partial charge in [0.2, 0.25) is 0 Å². The Hall–Kier alpha value is -0.300. The minimum absolute atomic E-state index is 0.635. The molecular formula is C10H16N. The van der Waals surface area contributed by atoms with E-state index in [2.05, 4.69) is 11.4 Å². The van der Waals surface area contributed by atoms with Crippen molar-refractivity contribution in [1.82, 2.24) is 5.32 Å². The van der Waals surface area contributed by atoms with Crippen molar-refractivity contribution >= 4 is 0 Å². The Morgan fingerprint density at radius 1 is 1.27 bits per heavy atom. The molecule has 1 nitrogen and oxygen atoms in total. The second-order valence-corrected chi connectivity index (χ2v) is 3.59. The third-order valence-electron chi connectivity index (χ3n) is 2.74. The summed E-state index contributed by atoms with van der Waals surface area (Å²) in [5, 5.41) is 4.59. The van der Waals surface area contributed by atoms with Gasteiger partial charge in [0.15, 0.2) is 0 Å². The molecule has 1 heteroatoms. The molecule has 1 unspecified atom stereocenters. The summed E-state index contributed by atoms with van der Waals surface area (Å²) in [6.07, 6.45) is 10.5. The maximum Gasteiger partial charge on any atom is 0.0455 e. The first-order valence-electron chi connectivity index (χ1n) is 4.82. The quantitative estimate of drug-likeness (QED) is 0.509. The van der Waals surface area contributed by atoms with Gasteiger partial charge in [-0.25, -0.2) is 5.32 Å². The SMILES string of the molecule is C1=C(C2CCC[N]2)CCCC1. The van der Waals surface area contributed by atoms with Gasteiger partial charge in [-0.1, -0.05) is 11.6 Å². The van der Waals surface area contributed by atoms with Gasteiger partial charge in [0, 0.05) is 12.6 Å². The molecule has 1 radical (unpaired) electrons. The Morgan fingerprint density at radius 3 is 2.91 bits per heavy atom. The highest BCUT2D eigenvalue weighted by molar-refractivity contribution is 5.14. The van der Waals surface area contributed by atoms with Gasteiger partial charge in [0.05, 0.1) is 0 Å². The molecule has 0 aromatic heterocycles. The number of nitrogens with zero attached hydrogens (tertiary/aromatic N) is 1. The van der Waals surface area contributed by atoms with E-state index in [9.17, 15) is 0 Å². The van der Waals surface area contributed by atoms with Crippen LogP contribution in [0.3, 0.4) is 0 Å². The van der Waals surface area contributed by atoms with Crippen molar-refractivity contribution in [2.24, 2.45) is 0 Å². The lowest BCUT2D eigenvalue weighted by Crippen LogP contribution is -2.18. The molecule has 0 aromatic rings. The molecule has 11 heavy (non-hydrogen) atoms. The fourth-order valence-corrected chi connectivity index (χ4v) is 2.09. The average molecular weight is 150 g/mol. The van der Waals surface area contributed by atoms with Crippen molar-refractivity contribution in [3.8, 4) is 0 Å². The molecule has 1 heterocycles. The van der Waals surface area contributed by atoms with Gasteiger partial charge >= 0.3 is 0 Å². The fraction of sp³-hybridized carbons (Fsp3) is 0.800. The lowest BCUT2D eigenvalue weighted by atomic mass is 9.93. The molecule has 61 valence electrons. The molecule has 2 aliphatic rings. The van der Waals surface area contributed by atoms with Crippen LogP contribution in [0.4, 0.5) is 0 Å². The standard InChI is InChI=1S/C10H16N/c1-2-5-9(6-3-1)10-7-4-8-11-10/h5,10H,1-4,6-8H2. The Bertz CT molecular complexity index is 154. The zero-order chi connectivity index (χ0) is 7.52. The third-order valence-corrected chi connectivity index (χ3v) is 2.74. The average Bonchev–Trinajstić information content (AvgIpc) is 2.58. The van der Waals surface area contributed by atoms with Gasteiger partial charge in [-0.3, -0.25) is 0 Å². The van der Waals surface area contributed by atoms with Crippen LogP contribution >= 0.6 is 0 Å². The van der Waals surface area contributed by atoms with Crippen LogP contribution in [0.15, 0.2) is 11.6 Å². The van der Waals surface area contributed by atoms with Crippen LogP contribution in [-0.4, -0.2) is 12.6 Å². The van der Waals surface area contributed by atoms with E-state index >= 15 is 0 Å². The van der Waals surface area contributed by atoms with Gasteiger partial charge in [-0.05, 0) is 38.5 Å². The molecule has 0 saturated carbocycles. The molecule has 0 spiro atoms. The van der Waals surface area contributed by atoms with Crippen LogP contribution in [0.25, 0.3) is 0 Å². The van der Waals surface area contributed by atoms with Gasteiger partial charge < -0.3 is 0 Å².